The number of aromatic nitrogens is 5. The number of quaternary nitrogens is 1. The molecule has 0 bridgehead atoms. The van der Waals surface area contributed by atoms with E-state index >= 15 is 0 Å². The number of hydrogen-bond donors (Lipinski definition) is 0. The van der Waals surface area contributed by atoms with E-state index in [1.54, 1.807) is 0 Å². The number of nitrogens with zero attached hydrogens (tertiary/aromatic N) is 6. The van der Waals surface area contributed by atoms with Crippen molar-refractivity contribution in [3.05, 3.63) is 85.3 Å². The first-order chi connectivity index (χ1) is 18.8. The van der Waals surface area contributed by atoms with Gasteiger partial charge in [0, 0.05) is 22.3 Å². The Morgan fingerprint density at radius 3 is 2.61 bits per heavy atom. The molecule has 3 aromatic carbocycles. The van der Waals surface area contributed by atoms with Gasteiger partial charge >= 0.3 is 17.2 Å². The highest BCUT2D eigenvalue weighted by molar-refractivity contribution is 6.11. The summed E-state index contributed by atoms with van der Waals surface area (Å²) in [5, 5.41) is 2.36. The molecule has 0 saturated carbocycles. The van der Waals surface area contributed by atoms with E-state index in [0.717, 1.165) is 73.6 Å². The quantitative estimate of drug-likeness (QED) is 0.212. The molecule has 0 N–H and O–H groups in total. The zero-order valence-electron chi connectivity index (χ0n) is 20.1. The Bertz CT molecular complexity index is 2330. The topological polar surface area (TPSA) is 49.0 Å². The van der Waals surface area contributed by atoms with Crippen LogP contribution in [0.2, 0.25) is 0 Å². The molecule has 4 aromatic heterocycles. The smallest absolute Gasteiger partial charge is 0.352 e. The van der Waals surface area contributed by atoms with E-state index in [9.17, 15) is 0 Å². The highest BCUT2D eigenvalue weighted by Crippen LogP contribution is 2.62. The van der Waals surface area contributed by atoms with Gasteiger partial charge in [-0.2, -0.15) is 4.57 Å². The second kappa shape index (κ2) is 5.39. The maximum Gasteiger partial charge on any atom is 0.352 e. The van der Waals surface area contributed by atoms with Gasteiger partial charge in [0.2, 0.25) is 17.0 Å². The van der Waals surface area contributed by atoms with Crippen LogP contribution in [0.4, 0.5) is 11.4 Å². The first-order valence-electron chi connectivity index (χ1n) is 12.7. The first-order valence-corrected chi connectivity index (χ1v) is 12.7. The molecular formula is C30H17N6O2+3. The molecule has 0 radical (unpaired) electrons. The number of fused-ring (bicyclic) bond motifs is 5. The summed E-state index contributed by atoms with van der Waals surface area (Å²) in [4.78, 5) is 4.48. The Kier molecular flexibility index (Phi) is 2.57. The summed E-state index contributed by atoms with van der Waals surface area (Å²) in [6, 6.07) is 23.3. The molecular weight excluding hydrogens is 476 g/mol. The molecule has 4 aliphatic rings. The average molecular weight is 494 g/mol. The molecule has 1 spiro atoms. The van der Waals surface area contributed by atoms with Gasteiger partial charge < -0.3 is 9.47 Å². The molecule has 1 atom stereocenters. The van der Waals surface area contributed by atoms with Crippen molar-refractivity contribution in [1.82, 2.24) is 18.8 Å². The van der Waals surface area contributed by atoms with Crippen LogP contribution in [-0.2, 0) is 7.05 Å². The second-order valence-corrected chi connectivity index (χ2v) is 10.4. The van der Waals surface area contributed by atoms with Gasteiger partial charge in [-0.25, -0.2) is 4.57 Å². The van der Waals surface area contributed by atoms with E-state index in [1.165, 1.54) is 10.8 Å². The molecule has 7 aromatic rings. The molecule has 11 rings (SSSR count). The van der Waals surface area contributed by atoms with Gasteiger partial charge in [0.05, 0.1) is 23.3 Å². The molecule has 8 heteroatoms. The lowest BCUT2D eigenvalue weighted by Crippen LogP contribution is -2.84. The predicted octanol–water partition coefficient (Wildman–Crippen LogP) is 5.32. The summed E-state index contributed by atoms with van der Waals surface area (Å²) in [5.74, 6) is 4.47. The molecule has 176 valence electrons. The van der Waals surface area contributed by atoms with Crippen molar-refractivity contribution in [1.29, 1.82) is 0 Å². The minimum absolute atomic E-state index is 0.313. The van der Waals surface area contributed by atoms with E-state index in [2.05, 4.69) is 97.4 Å². The summed E-state index contributed by atoms with van der Waals surface area (Å²) in [6.45, 7) is 0. The molecule has 8 nitrogen and oxygen atoms in total. The van der Waals surface area contributed by atoms with Gasteiger partial charge in [0.1, 0.15) is 5.56 Å². The van der Waals surface area contributed by atoms with Crippen LogP contribution in [-0.4, -0.2) is 14.1 Å². The molecule has 4 aliphatic heterocycles. The van der Waals surface area contributed by atoms with Gasteiger partial charge in [-0.05, 0) is 53.2 Å². The summed E-state index contributed by atoms with van der Waals surface area (Å²) in [7, 11) is 2.12. The van der Waals surface area contributed by atoms with Crippen molar-refractivity contribution in [2.45, 2.75) is 0 Å². The van der Waals surface area contributed by atoms with Crippen molar-refractivity contribution in [3.8, 4) is 40.1 Å². The highest BCUT2D eigenvalue weighted by Gasteiger charge is 2.70. The zero-order chi connectivity index (χ0) is 24.5. The molecule has 0 saturated heterocycles. The number of benzene rings is 3. The Hall–Kier alpha value is -5.21. The summed E-state index contributed by atoms with van der Waals surface area (Å²) in [6.07, 6.45) is 6.03. The maximum absolute atomic E-state index is 6.71. The SMILES string of the molecule is Cn1c2[n+](c3ccncc31)[N+]13c4c(cccc4-2)Oc2ccc4c(c21)-n1c2c(cccc2c2ccc[n+]3c21)O4. The van der Waals surface area contributed by atoms with Gasteiger partial charge in [0.25, 0.3) is 5.69 Å². The fourth-order valence-electron chi connectivity index (χ4n) is 7.50. The monoisotopic (exact) mass is 493 g/mol. The minimum Gasteiger partial charge on any atom is -0.448 e. The molecule has 38 heavy (non-hydrogen) atoms. The van der Waals surface area contributed by atoms with Crippen LogP contribution < -0.4 is 23.5 Å². The fraction of sp³-hybridized carbons (Fsp3) is 0.0333. The largest absolute Gasteiger partial charge is 0.448 e. The molecule has 0 aliphatic carbocycles. The number of aryl methyl sites for hydroxylation is 1. The van der Waals surface area contributed by atoms with Crippen LogP contribution >= 0.6 is 0 Å². The Morgan fingerprint density at radius 2 is 1.63 bits per heavy atom. The van der Waals surface area contributed by atoms with Gasteiger partial charge in [0.15, 0.2) is 34.5 Å². The van der Waals surface area contributed by atoms with E-state index < -0.39 is 0 Å². The number of hydrogen-bond acceptors (Lipinski definition) is 3. The molecule has 8 heterocycles. The first kappa shape index (κ1) is 18.1. The lowest BCUT2D eigenvalue weighted by Gasteiger charge is -2.35. The minimum atomic E-state index is 0.313. The maximum atomic E-state index is 6.71. The van der Waals surface area contributed by atoms with Crippen LogP contribution in [0, 0.1) is 0 Å². The molecule has 0 amide bonds. The second-order valence-electron chi connectivity index (χ2n) is 10.4. The highest BCUT2D eigenvalue weighted by atomic mass is 16.5. The molecule has 0 fully saturated rings. The summed E-state index contributed by atoms with van der Waals surface area (Å²) in [5.41, 5.74) is 8.67. The van der Waals surface area contributed by atoms with Gasteiger partial charge in [-0.15, -0.1) is 0 Å². The van der Waals surface area contributed by atoms with Gasteiger partial charge in [-0.3, -0.25) is 4.98 Å². The predicted molar refractivity (Wildman–Crippen MR) is 140 cm³/mol. The van der Waals surface area contributed by atoms with Crippen LogP contribution in [0.15, 0.2) is 85.3 Å². The lowest BCUT2D eigenvalue weighted by atomic mass is 10.1. The number of rotatable bonds is 0. The van der Waals surface area contributed by atoms with Crippen molar-refractivity contribution in [3.63, 3.8) is 0 Å². The summed E-state index contributed by atoms with van der Waals surface area (Å²) >= 11 is 0. The average Bonchev–Trinajstić information content (AvgIpc) is 3.57. The number of pyridine rings is 2. The third-order valence-corrected chi connectivity index (χ3v) is 8.76. The lowest BCUT2D eigenvalue weighted by molar-refractivity contribution is -1.01. The van der Waals surface area contributed by atoms with Crippen LogP contribution in [0.5, 0.6) is 23.0 Å². The van der Waals surface area contributed by atoms with E-state index in [1.807, 2.05) is 18.5 Å². The normalized spacial score (nSPS) is 18.1. The summed E-state index contributed by atoms with van der Waals surface area (Å²) < 4.78 is 23.1. The van der Waals surface area contributed by atoms with Crippen LogP contribution in [0.1, 0.15) is 0 Å². The Morgan fingerprint density at radius 1 is 0.816 bits per heavy atom. The Labute approximate surface area is 214 Å². The fourth-order valence-corrected chi connectivity index (χ4v) is 7.50. The Balaban J connectivity index is 1.52. The third-order valence-electron chi connectivity index (χ3n) is 8.76. The van der Waals surface area contributed by atoms with Crippen molar-refractivity contribution in [2.24, 2.45) is 7.05 Å². The van der Waals surface area contributed by atoms with E-state index in [4.69, 9.17) is 9.47 Å². The van der Waals surface area contributed by atoms with Crippen LogP contribution in [0.25, 0.3) is 50.0 Å². The van der Waals surface area contributed by atoms with Crippen molar-refractivity contribution in [2.75, 3.05) is 0 Å². The number of ether oxygens (including phenoxy) is 2. The number of imidazole rings is 1. The zero-order valence-corrected chi connectivity index (χ0v) is 20.1. The third kappa shape index (κ3) is 1.55. The van der Waals surface area contributed by atoms with E-state index in [0.29, 0.717) is 4.70 Å². The van der Waals surface area contributed by atoms with E-state index in [-0.39, 0.29) is 0 Å². The molecule has 1 unspecified atom stereocenters. The van der Waals surface area contributed by atoms with Crippen molar-refractivity contribution >= 4 is 44.3 Å². The number of para-hydroxylation sites is 2. The van der Waals surface area contributed by atoms with Gasteiger partial charge in [-0.1, -0.05) is 12.1 Å². The van der Waals surface area contributed by atoms with Crippen LogP contribution in [0.3, 0.4) is 0 Å². The van der Waals surface area contributed by atoms with Crippen molar-refractivity contribution < 1.29 is 18.8 Å². The standard InChI is InChI=1S/C30H17N6O2/c1-32-20-15-31-13-12-19(20)35-29(32)18-6-3-9-23-27(18)36(35)28-24(38-23)11-10-22-26(28)34-25-16(5-2-8-21(25)37-22)17-7-4-14-33(36)30(17)34/h2-15H,1H3/q+3.